The number of hydrogen-bond acceptors (Lipinski definition) is 4. The van der Waals surface area contributed by atoms with Crippen LogP contribution in [0.25, 0.3) is 0 Å². The van der Waals surface area contributed by atoms with E-state index in [4.69, 9.17) is 11.5 Å². The number of rotatable bonds is 6. The third kappa shape index (κ3) is 3.19. The highest BCUT2D eigenvalue weighted by atomic mass is 32.2. The van der Waals surface area contributed by atoms with Gasteiger partial charge in [-0.15, -0.1) is 0 Å². The molecule has 2 rings (SSSR count). The standard InChI is InChI=1S/C14H21N3O3S/c1-2-17(9-10-4-3-5-10)21(19,20)13-7-6-11(14(16)18)8-12(13)15/h6-8,10H,2-5,9,15H2,1H3,(H2,16,18). The zero-order chi connectivity index (χ0) is 15.6. The lowest BCUT2D eigenvalue weighted by atomic mass is 9.85. The van der Waals surface area contributed by atoms with E-state index in [1.165, 1.54) is 22.5 Å². The summed E-state index contributed by atoms with van der Waals surface area (Å²) in [4.78, 5) is 11.1. The molecule has 116 valence electrons. The Labute approximate surface area is 125 Å². The molecular weight excluding hydrogens is 290 g/mol. The number of hydrogen-bond donors (Lipinski definition) is 2. The Morgan fingerprint density at radius 2 is 2.05 bits per heavy atom. The van der Waals surface area contributed by atoms with Gasteiger partial charge in [0, 0.05) is 18.7 Å². The predicted octanol–water partition coefficient (Wildman–Crippen LogP) is 1.18. The van der Waals surface area contributed by atoms with Crippen LogP contribution in [0.2, 0.25) is 0 Å². The van der Waals surface area contributed by atoms with Crippen LogP contribution in [0.3, 0.4) is 0 Å². The fourth-order valence-electron chi connectivity index (χ4n) is 2.44. The van der Waals surface area contributed by atoms with Gasteiger partial charge in [0.1, 0.15) is 4.90 Å². The third-order valence-electron chi connectivity index (χ3n) is 3.95. The Morgan fingerprint density at radius 1 is 1.38 bits per heavy atom. The second-order valence-electron chi connectivity index (χ2n) is 5.37. The quantitative estimate of drug-likeness (QED) is 0.769. The van der Waals surface area contributed by atoms with Gasteiger partial charge in [-0.2, -0.15) is 4.31 Å². The van der Waals surface area contributed by atoms with Gasteiger partial charge in [0.2, 0.25) is 15.9 Å². The normalized spacial score (nSPS) is 15.9. The summed E-state index contributed by atoms with van der Waals surface area (Å²) in [6.45, 7) is 2.73. The van der Waals surface area contributed by atoms with E-state index in [1.54, 1.807) is 0 Å². The molecule has 7 heteroatoms. The molecule has 0 aromatic heterocycles. The molecule has 0 radical (unpaired) electrons. The minimum Gasteiger partial charge on any atom is -0.398 e. The van der Waals surface area contributed by atoms with Crippen molar-refractivity contribution in [1.29, 1.82) is 0 Å². The van der Waals surface area contributed by atoms with Crippen molar-refractivity contribution in [3.8, 4) is 0 Å². The molecule has 0 bridgehead atoms. The molecule has 1 saturated carbocycles. The lowest BCUT2D eigenvalue weighted by molar-refractivity contribution is 0.1000. The maximum absolute atomic E-state index is 12.7. The average molecular weight is 311 g/mol. The maximum Gasteiger partial charge on any atom is 0.248 e. The van der Waals surface area contributed by atoms with Crippen LogP contribution < -0.4 is 11.5 Å². The van der Waals surface area contributed by atoms with Crippen LogP contribution in [0.15, 0.2) is 23.1 Å². The molecule has 4 N–H and O–H groups in total. The van der Waals surface area contributed by atoms with Crippen LogP contribution >= 0.6 is 0 Å². The summed E-state index contributed by atoms with van der Waals surface area (Å²) >= 11 is 0. The van der Waals surface area contributed by atoms with Gasteiger partial charge < -0.3 is 11.5 Å². The van der Waals surface area contributed by atoms with Crippen molar-refractivity contribution < 1.29 is 13.2 Å². The van der Waals surface area contributed by atoms with Gasteiger partial charge in [-0.1, -0.05) is 13.3 Å². The van der Waals surface area contributed by atoms with Crippen LogP contribution in [-0.4, -0.2) is 31.7 Å². The Balaban J connectivity index is 2.30. The van der Waals surface area contributed by atoms with Gasteiger partial charge in [0.05, 0.1) is 5.69 Å². The summed E-state index contributed by atoms with van der Waals surface area (Å²) in [6.07, 6.45) is 3.31. The number of nitrogens with zero attached hydrogens (tertiary/aromatic N) is 1. The molecule has 1 fully saturated rings. The first kappa shape index (κ1) is 15.8. The molecule has 1 aromatic carbocycles. The number of anilines is 1. The van der Waals surface area contributed by atoms with Gasteiger partial charge in [0.25, 0.3) is 0 Å². The van der Waals surface area contributed by atoms with E-state index in [0.717, 1.165) is 19.3 Å². The Bertz CT molecular complexity index is 639. The zero-order valence-corrected chi connectivity index (χ0v) is 12.9. The van der Waals surface area contributed by atoms with E-state index >= 15 is 0 Å². The van der Waals surface area contributed by atoms with Crippen molar-refractivity contribution in [3.05, 3.63) is 23.8 Å². The molecule has 1 aromatic rings. The van der Waals surface area contributed by atoms with Crippen molar-refractivity contribution in [2.75, 3.05) is 18.8 Å². The fraction of sp³-hybridized carbons (Fsp3) is 0.500. The van der Waals surface area contributed by atoms with Crippen molar-refractivity contribution in [2.24, 2.45) is 11.7 Å². The summed E-state index contributed by atoms with van der Waals surface area (Å²) < 4.78 is 26.8. The highest BCUT2D eigenvalue weighted by molar-refractivity contribution is 7.89. The molecular formula is C14H21N3O3S. The first-order valence-electron chi connectivity index (χ1n) is 7.05. The number of benzene rings is 1. The predicted molar refractivity (Wildman–Crippen MR) is 81.1 cm³/mol. The lowest BCUT2D eigenvalue weighted by Gasteiger charge is -2.31. The van der Waals surface area contributed by atoms with E-state index in [-0.39, 0.29) is 16.1 Å². The van der Waals surface area contributed by atoms with Gasteiger partial charge in [-0.25, -0.2) is 8.42 Å². The number of nitrogen functional groups attached to an aromatic ring is 1. The number of carbonyl (C=O) groups excluding carboxylic acids is 1. The first-order chi connectivity index (χ1) is 9.86. The Morgan fingerprint density at radius 3 is 2.48 bits per heavy atom. The number of primary amides is 1. The van der Waals surface area contributed by atoms with E-state index in [2.05, 4.69) is 0 Å². The largest absolute Gasteiger partial charge is 0.398 e. The fourth-order valence-corrected chi connectivity index (χ4v) is 4.06. The van der Waals surface area contributed by atoms with Crippen molar-refractivity contribution in [1.82, 2.24) is 4.31 Å². The molecule has 0 unspecified atom stereocenters. The van der Waals surface area contributed by atoms with E-state index < -0.39 is 15.9 Å². The zero-order valence-electron chi connectivity index (χ0n) is 12.1. The number of carbonyl (C=O) groups is 1. The highest BCUT2D eigenvalue weighted by Crippen LogP contribution is 2.30. The van der Waals surface area contributed by atoms with Crippen LogP contribution in [0.5, 0.6) is 0 Å². The maximum atomic E-state index is 12.7. The molecule has 1 amide bonds. The molecule has 0 atom stereocenters. The lowest BCUT2D eigenvalue weighted by Crippen LogP contribution is -2.37. The smallest absolute Gasteiger partial charge is 0.248 e. The Kier molecular flexibility index (Phi) is 4.53. The Hall–Kier alpha value is -1.60. The van der Waals surface area contributed by atoms with Gasteiger partial charge in [0.15, 0.2) is 0 Å². The molecule has 0 aliphatic heterocycles. The highest BCUT2D eigenvalue weighted by Gasteiger charge is 2.29. The second-order valence-corrected chi connectivity index (χ2v) is 7.28. The molecule has 6 nitrogen and oxygen atoms in total. The first-order valence-corrected chi connectivity index (χ1v) is 8.49. The van der Waals surface area contributed by atoms with Crippen LogP contribution in [0, 0.1) is 5.92 Å². The molecule has 0 spiro atoms. The summed E-state index contributed by atoms with van der Waals surface area (Å²) in [5.41, 5.74) is 11.2. The summed E-state index contributed by atoms with van der Waals surface area (Å²) in [7, 11) is -3.64. The molecule has 0 heterocycles. The molecule has 1 aliphatic rings. The monoisotopic (exact) mass is 311 g/mol. The number of sulfonamides is 1. The number of nitrogens with two attached hydrogens (primary N) is 2. The third-order valence-corrected chi connectivity index (χ3v) is 5.97. The summed E-state index contributed by atoms with van der Waals surface area (Å²) in [5.74, 6) is -0.196. The van der Waals surface area contributed by atoms with Gasteiger partial charge in [-0.05, 0) is 37.0 Å². The van der Waals surface area contributed by atoms with Gasteiger partial charge in [-0.3, -0.25) is 4.79 Å². The van der Waals surface area contributed by atoms with E-state index in [0.29, 0.717) is 19.0 Å². The van der Waals surface area contributed by atoms with Crippen molar-refractivity contribution in [3.63, 3.8) is 0 Å². The molecule has 21 heavy (non-hydrogen) atoms. The second kappa shape index (κ2) is 6.03. The minimum absolute atomic E-state index is 0.0358. The van der Waals surface area contributed by atoms with Gasteiger partial charge >= 0.3 is 0 Å². The molecule has 0 saturated heterocycles. The average Bonchev–Trinajstić information content (AvgIpc) is 2.36. The topological polar surface area (TPSA) is 106 Å². The number of amides is 1. The minimum atomic E-state index is -3.64. The van der Waals surface area contributed by atoms with Crippen molar-refractivity contribution in [2.45, 2.75) is 31.1 Å². The van der Waals surface area contributed by atoms with Crippen LogP contribution in [-0.2, 0) is 10.0 Å². The van der Waals surface area contributed by atoms with E-state index in [9.17, 15) is 13.2 Å². The SMILES string of the molecule is CCN(CC1CCC1)S(=O)(=O)c1ccc(C(N)=O)cc1N. The van der Waals surface area contributed by atoms with Crippen LogP contribution in [0.4, 0.5) is 5.69 Å². The summed E-state index contributed by atoms with van der Waals surface area (Å²) in [5, 5.41) is 0. The van der Waals surface area contributed by atoms with Crippen LogP contribution in [0.1, 0.15) is 36.5 Å². The molecule has 1 aliphatic carbocycles. The van der Waals surface area contributed by atoms with E-state index in [1.807, 2.05) is 6.92 Å². The van der Waals surface area contributed by atoms with Crippen molar-refractivity contribution >= 4 is 21.6 Å². The summed E-state index contributed by atoms with van der Waals surface area (Å²) in [6, 6.07) is 4.06.